The van der Waals surface area contributed by atoms with Gasteiger partial charge in [0, 0.05) is 18.6 Å². The van der Waals surface area contributed by atoms with Crippen molar-refractivity contribution in [2.24, 2.45) is 0 Å². The van der Waals surface area contributed by atoms with Crippen LogP contribution in [-0.2, 0) is 24.1 Å². The average Bonchev–Trinajstić information content (AvgIpc) is 2.61. The van der Waals surface area contributed by atoms with Gasteiger partial charge in [0.05, 0.1) is 6.42 Å². The van der Waals surface area contributed by atoms with Crippen molar-refractivity contribution in [3.05, 3.63) is 40.6 Å². The molecule has 1 aliphatic rings. The number of benzene rings is 1. The Hall–Kier alpha value is -1.28. The molecule has 2 nitrogen and oxygen atoms in total. The molecule has 0 bridgehead atoms. The number of amides is 1. The first-order valence-corrected chi connectivity index (χ1v) is 7.91. The van der Waals surface area contributed by atoms with Crippen molar-refractivity contribution in [1.82, 2.24) is 4.90 Å². The SMILES string of the molecule is CCc1cc2c(cc1CC)CC(=O)N(CCCCl)C=C2. The van der Waals surface area contributed by atoms with E-state index in [2.05, 4.69) is 32.1 Å². The van der Waals surface area contributed by atoms with E-state index < -0.39 is 0 Å². The minimum Gasteiger partial charge on any atom is -0.319 e. The van der Waals surface area contributed by atoms with Crippen molar-refractivity contribution in [2.75, 3.05) is 12.4 Å². The van der Waals surface area contributed by atoms with Gasteiger partial charge < -0.3 is 4.90 Å². The molecule has 0 saturated heterocycles. The van der Waals surface area contributed by atoms with Crippen LogP contribution < -0.4 is 0 Å². The number of halogens is 1. The Balaban J connectivity index is 2.31. The summed E-state index contributed by atoms with van der Waals surface area (Å²) < 4.78 is 0. The van der Waals surface area contributed by atoms with Crippen molar-refractivity contribution in [2.45, 2.75) is 39.5 Å². The molecule has 1 aromatic carbocycles. The Bertz CT molecular complexity index is 522. The average molecular weight is 292 g/mol. The van der Waals surface area contributed by atoms with Crippen molar-refractivity contribution < 1.29 is 4.79 Å². The van der Waals surface area contributed by atoms with Gasteiger partial charge in [-0.1, -0.05) is 26.0 Å². The molecule has 3 heteroatoms. The molecule has 20 heavy (non-hydrogen) atoms. The number of nitrogens with zero attached hydrogens (tertiary/aromatic N) is 1. The van der Waals surface area contributed by atoms with E-state index in [0.717, 1.165) is 24.8 Å². The highest BCUT2D eigenvalue weighted by molar-refractivity contribution is 6.17. The van der Waals surface area contributed by atoms with Crippen molar-refractivity contribution in [3.63, 3.8) is 0 Å². The second kappa shape index (κ2) is 6.94. The maximum atomic E-state index is 12.3. The molecule has 0 unspecified atom stereocenters. The van der Waals surface area contributed by atoms with Gasteiger partial charge in [-0.3, -0.25) is 4.79 Å². The Morgan fingerprint density at radius 1 is 1.20 bits per heavy atom. The summed E-state index contributed by atoms with van der Waals surface area (Å²) in [5.41, 5.74) is 5.08. The van der Waals surface area contributed by atoms with Crippen LogP contribution in [0.3, 0.4) is 0 Å². The number of rotatable bonds is 5. The molecule has 0 aliphatic carbocycles. The zero-order valence-corrected chi connectivity index (χ0v) is 13.0. The van der Waals surface area contributed by atoms with Gasteiger partial charge in [-0.15, -0.1) is 11.6 Å². The highest BCUT2D eigenvalue weighted by atomic mass is 35.5. The van der Waals surface area contributed by atoms with Crippen molar-refractivity contribution in [1.29, 1.82) is 0 Å². The summed E-state index contributed by atoms with van der Waals surface area (Å²) in [6.07, 6.45) is 7.34. The molecule has 108 valence electrons. The van der Waals surface area contributed by atoms with Gasteiger partial charge in [-0.2, -0.15) is 0 Å². The first kappa shape index (κ1) is 15.1. The fourth-order valence-electron chi connectivity index (χ4n) is 2.67. The summed E-state index contributed by atoms with van der Waals surface area (Å²) in [6, 6.07) is 4.45. The fraction of sp³-hybridized carbons (Fsp3) is 0.471. The van der Waals surface area contributed by atoms with E-state index in [1.807, 2.05) is 6.20 Å². The zero-order valence-electron chi connectivity index (χ0n) is 12.3. The number of carbonyl (C=O) groups excluding carboxylic acids is 1. The van der Waals surface area contributed by atoms with E-state index in [0.29, 0.717) is 18.8 Å². The lowest BCUT2D eigenvalue weighted by Gasteiger charge is -2.16. The summed E-state index contributed by atoms with van der Waals surface area (Å²) in [6.45, 7) is 5.05. The minimum absolute atomic E-state index is 0.163. The van der Waals surface area contributed by atoms with E-state index in [1.165, 1.54) is 16.7 Å². The Kier molecular flexibility index (Phi) is 5.24. The summed E-state index contributed by atoms with van der Waals surface area (Å²) in [5.74, 6) is 0.751. The molecule has 0 fully saturated rings. The molecule has 2 rings (SSSR count). The molecule has 0 radical (unpaired) electrons. The lowest BCUT2D eigenvalue weighted by Crippen LogP contribution is -2.27. The molecular weight excluding hydrogens is 270 g/mol. The first-order chi connectivity index (χ1) is 9.69. The fourth-order valence-corrected chi connectivity index (χ4v) is 2.79. The van der Waals surface area contributed by atoms with Crippen LogP contribution in [0.2, 0.25) is 0 Å². The molecular formula is C17H22ClNO. The maximum Gasteiger partial charge on any atom is 0.230 e. The van der Waals surface area contributed by atoms with Crippen LogP contribution in [0, 0.1) is 0 Å². The third kappa shape index (κ3) is 3.24. The molecule has 1 aromatic rings. The van der Waals surface area contributed by atoms with E-state index >= 15 is 0 Å². The molecule has 0 aromatic heterocycles. The maximum absolute atomic E-state index is 12.3. The summed E-state index contributed by atoms with van der Waals surface area (Å²) >= 11 is 5.72. The summed E-state index contributed by atoms with van der Waals surface area (Å²) in [4.78, 5) is 14.1. The number of alkyl halides is 1. The van der Waals surface area contributed by atoms with Crippen LogP contribution in [-0.4, -0.2) is 23.2 Å². The van der Waals surface area contributed by atoms with E-state index in [-0.39, 0.29) is 5.91 Å². The van der Waals surface area contributed by atoms with E-state index in [9.17, 15) is 4.79 Å². The molecule has 0 atom stereocenters. The minimum atomic E-state index is 0.163. The highest BCUT2D eigenvalue weighted by Gasteiger charge is 2.17. The van der Waals surface area contributed by atoms with Crippen LogP contribution in [0.15, 0.2) is 18.3 Å². The summed E-state index contributed by atoms with van der Waals surface area (Å²) in [5, 5.41) is 0. The lowest BCUT2D eigenvalue weighted by atomic mass is 9.94. The van der Waals surface area contributed by atoms with Gasteiger partial charge in [0.25, 0.3) is 0 Å². The smallest absolute Gasteiger partial charge is 0.230 e. The number of fused-ring (bicyclic) bond motifs is 1. The Morgan fingerprint density at radius 2 is 1.90 bits per heavy atom. The van der Waals surface area contributed by atoms with Crippen LogP contribution >= 0.6 is 11.6 Å². The lowest BCUT2D eigenvalue weighted by molar-refractivity contribution is -0.127. The number of carbonyl (C=O) groups is 1. The van der Waals surface area contributed by atoms with Crippen LogP contribution in [0.25, 0.3) is 6.08 Å². The number of aryl methyl sites for hydroxylation is 2. The van der Waals surface area contributed by atoms with Gasteiger partial charge >= 0.3 is 0 Å². The Labute approximate surface area is 126 Å². The van der Waals surface area contributed by atoms with Gasteiger partial charge in [-0.05, 0) is 47.6 Å². The molecule has 0 N–H and O–H groups in total. The predicted octanol–water partition coefficient (Wildman–Crippen LogP) is 3.80. The second-order valence-corrected chi connectivity index (χ2v) is 5.53. The van der Waals surface area contributed by atoms with E-state index in [1.54, 1.807) is 4.90 Å². The molecule has 0 spiro atoms. The highest BCUT2D eigenvalue weighted by Crippen LogP contribution is 2.23. The second-order valence-electron chi connectivity index (χ2n) is 5.15. The number of hydrogen-bond donors (Lipinski definition) is 0. The van der Waals surface area contributed by atoms with Gasteiger partial charge in [0.15, 0.2) is 0 Å². The third-order valence-electron chi connectivity index (χ3n) is 3.85. The standard InChI is InChI=1S/C17H22ClNO/c1-3-13-10-15-6-9-19(8-5-7-18)17(20)12-16(15)11-14(13)4-2/h6,9-11H,3-5,7-8,12H2,1-2H3. The molecule has 1 aliphatic heterocycles. The third-order valence-corrected chi connectivity index (χ3v) is 4.12. The van der Waals surface area contributed by atoms with Crippen LogP contribution in [0.5, 0.6) is 0 Å². The van der Waals surface area contributed by atoms with E-state index in [4.69, 9.17) is 11.6 Å². The monoisotopic (exact) mass is 291 g/mol. The molecule has 1 amide bonds. The van der Waals surface area contributed by atoms with Crippen LogP contribution in [0.4, 0.5) is 0 Å². The Morgan fingerprint density at radius 3 is 2.55 bits per heavy atom. The molecule has 1 heterocycles. The summed E-state index contributed by atoms with van der Waals surface area (Å²) in [7, 11) is 0. The van der Waals surface area contributed by atoms with Gasteiger partial charge in [0.2, 0.25) is 5.91 Å². The van der Waals surface area contributed by atoms with Gasteiger partial charge in [0.1, 0.15) is 0 Å². The normalized spacial score (nSPS) is 14.3. The molecule has 0 saturated carbocycles. The largest absolute Gasteiger partial charge is 0.319 e. The quantitative estimate of drug-likeness (QED) is 0.756. The topological polar surface area (TPSA) is 20.3 Å². The zero-order chi connectivity index (χ0) is 14.5. The van der Waals surface area contributed by atoms with Gasteiger partial charge in [-0.25, -0.2) is 0 Å². The van der Waals surface area contributed by atoms with Crippen molar-refractivity contribution in [3.8, 4) is 0 Å². The predicted molar refractivity (Wildman–Crippen MR) is 85.0 cm³/mol. The van der Waals surface area contributed by atoms with Crippen molar-refractivity contribution >= 4 is 23.6 Å². The van der Waals surface area contributed by atoms with Crippen LogP contribution in [0.1, 0.15) is 42.5 Å². The number of hydrogen-bond acceptors (Lipinski definition) is 1. The first-order valence-electron chi connectivity index (χ1n) is 7.37.